The molecular formula is C24H23FN4O6. The molecule has 2 amide bonds. The molecule has 1 aliphatic rings. The molecule has 0 radical (unpaired) electrons. The third-order valence-corrected chi connectivity index (χ3v) is 6.36. The Kier molecular flexibility index (Phi) is 5.65. The van der Waals surface area contributed by atoms with Crippen LogP contribution in [-0.2, 0) is 5.04 Å². The molecule has 2 N–H and O–H groups in total. The highest BCUT2D eigenvalue weighted by molar-refractivity contribution is 6.07. The Balaban J connectivity index is 1.49. The van der Waals surface area contributed by atoms with Gasteiger partial charge in [-0.05, 0) is 49.4 Å². The average Bonchev–Trinajstić information content (AvgIpc) is 3.45. The molecule has 4 aromatic rings. The summed E-state index contributed by atoms with van der Waals surface area (Å²) in [5, 5.41) is 18.0. The number of aliphatic hydroxyl groups is 1. The predicted molar refractivity (Wildman–Crippen MR) is 122 cm³/mol. The molecule has 1 fully saturated rings. The van der Waals surface area contributed by atoms with Crippen molar-refractivity contribution < 1.29 is 33.4 Å². The molecule has 1 saturated heterocycles. The lowest BCUT2D eigenvalue weighted by Crippen LogP contribution is -2.34. The summed E-state index contributed by atoms with van der Waals surface area (Å²) in [6, 6.07) is 6.53. The summed E-state index contributed by atoms with van der Waals surface area (Å²) < 4.78 is 25.5. The Morgan fingerprint density at radius 1 is 1.29 bits per heavy atom. The third-order valence-electron chi connectivity index (χ3n) is 6.36. The van der Waals surface area contributed by atoms with Crippen LogP contribution >= 0.6 is 0 Å². The van der Waals surface area contributed by atoms with Gasteiger partial charge in [-0.2, -0.15) is 10.6 Å². The van der Waals surface area contributed by atoms with E-state index >= 15 is 0 Å². The first-order valence-corrected chi connectivity index (χ1v) is 11.0. The number of nitrogens with one attached hydrogen (secondary N) is 1. The fraction of sp³-hybridized carbons (Fsp3) is 0.292. The largest absolute Gasteiger partial charge is 0.460 e. The molecule has 11 heteroatoms. The number of aryl methyl sites for hydroxylation is 2. The summed E-state index contributed by atoms with van der Waals surface area (Å²) >= 11 is 0. The van der Waals surface area contributed by atoms with Crippen LogP contribution in [0.25, 0.3) is 16.5 Å². The number of rotatable bonds is 5. The normalized spacial score (nSPS) is 17.9. The van der Waals surface area contributed by atoms with E-state index < -0.39 is 12.0 Å². The van der Waals surface area contributed by atoms with Crippen molar-refractivity contribution in [3.63, 3.8) is 0 Å². The number of likely N-dealkylation sites (tertiary alicyclic amines) is 1. The number of nitrogens with zero attached hydrogens (tertiary/aromatic N) is 3. The molecule has 0 spiro atoms. The molecule has 10 nitrogen and oxygen atoms in total. The zero-order valence-corrected chi connectivity index (χ0v) is 19.2. The third kappa shape index (κ3) is 3.88. The van der Waals surface area contributed by atoms with E-state index in [9.17, 15) is 19.2 Å². The van der Waals surface area contributed by atoms with Gasteiger partial charge in [-0.15, -0.1) is 0 Å². The van der Waals surface area contributed by atoms with E-state index in [0.717, 1.165) is 0 Å². The molecule has 0 aliphatic carbocycles. The maximum Gasteiger partial charge on any atom is 0.281 e. The lowest BCUT2D eigenvalue weighted by molar-refractivity contribution is -0.176. The van der Waals surface area contributed by atoms with E-state index in [2.05, 4.69) is 10.1 Å². The number of benzene rings is 1. The van der Waals surface area contributed by atoms with Crippen molar-refractivity contribution in [1.29, 1.82) is 0 Å². The van der Waals surface area contributed by atoms with Crippen LogP contribution in [0.1, 0.15) is 45.4 Å². The van der Waals surface area contributed by atoms with Crippen molar-refractivity contribution in [1.82, 2.24) is 20.0 Å². The highest BCUT2D eigenvalue weighted by Gasteiger charge is 2.33. The number of β-amino-alcohol motifs (C(OH)–C–C–N with tert-alkyl or cyclic N) is 1. The molecule has 1 aliphatic heterocycles. The summed E-state index contributed by atoms with van der Waals surface area (Å²) in [7, 11) is 0. The molecule has 35 heavy (non-hydrogen) atoms. The maximum atomic E-state index is 13.2. The quantitative estimate of drug-likeness (QED) is 0.417. The van der Waals surface area contributed by atoms with Gasteiger partial charge in [0.1, 0.15) is 22.6 Å². The summed E-state index contributed by atoms with van der Waals surface area (Å²) in [6.45, 7) is 5.62. The van der Waals surface area contributed by atoms with Gasteiger partial charge >= 0.3 is 0 Å². The summed E-state index contributed by atoms with van der Waals surface area (Å²) in [5.41, 5.74) is 3.98. The lowest BCUT2D eigenvalue weighted by atomic mass is 10.1. The first-order valence-electron chi connectivity index (χ1n) is 11.0. The lowest BCUT2D eigenvalue weighted by Gasteiger charge is -2.20. The van der Waals surface area contributed by atoms with E-state index in [1.165, 1.54) is 0 Å². The predicted octanol–water partition coefficient (Wildman–Crippen LogP) is 3.63. The number of hydrogen-bond donors (Lipinski definition) is 2. The zero-order chi connectivity index (χ0) is 24.9. The maximum absolute atomic E-state index is 13.2. The van der Waals surface area contributed by atoms with Crippen LogP contribution in [0.15, 0.2) is 41.1 Å². The highest BCUT2D eigenvalue weighted by Crippen LogP contribution is 2.34. The minimum absolute atomic E-state index is 0.0597. The van der Waals surface area contributed by atoms with Gasteiger partial charge in [0.2, 0.25) is 0 Å². The fourth-order valence-electron chi connectivity index (χ4n) is 4.72. The minimum Gasteiger partial charge on any atom is -0.460 e. The van der Waals surface area contributed by atoms with Crippen LogP contribution in [0.2, 0.25) is 0 Å². The van der Waals surface area contributed by atoms with Gasteiger partial charge in [-0.3, -0.25) is 9.59 Å². The van der Waals surface area contributed by atoms with Crippen molar-refractivity contribution in [2.75, 3.05) is 6.54 Å². The van der Waals surface area contributed by atoms with Crippen molar-refractivity contribution in [2.45, 2.75) is 39.3 Å². The van der Waals surface area contributed by atoms with E-state index in [0.29, 0.717) is 57.8 Å². The molecule has 5 rings (SSSR count). The molecule has 0 saturated carbocycles. The van der Waals surface area contributed by atoms with Crippen LogP contribution in [0.4, 0.5) is 4.53 Å². The van der Waals surface area contributed by atoms with Crippen LogP contribution in [-0.4, -0.2) is 50.1 Å². The number of carbonyl (C=O) groups is 2. The van der Waals surface area contributed by atoms with E-state index in [1.807, 2.05) is 13.8 Å². The van der Waals surface area contributed by atoms with Crippen molar-refractivity contribution in [3.05, 3.63) is 59.1 Å². The number of ether oxygens (including phenoxy) is 1. The smallest absolute Gasteiger partial charge is 0.281 e. The SMILES string of the molecule is Cc1oc2cc(Oc3ccnn4cc(C(=O)N5C[C@@H](O)CC5C)c(C)c34)ccc2c1C(=O)NOF. The number of carbonyl (C=O) groups excluding carboxylic acids is 2. The van der Waals surface area contributed by atoms with Gasteiger partial charge in [0.15, 0.2) is 5.75 Å². The topological polar surface area (TPSA) is 119 Å². The van der Waals surface area contributed by atoms with Crippen LogP contribution in [0.5, 0.6) is 11.5 Å². The molecule has 3 aromatic heterocycles. The van der Waals surface area contributed by atoms with Gasteiger partial charge in [0, 0.05) is 36.3 Å². The van der Waals surface area contributed by atoms with E-state index in [1.54, 1.807) is 58.5 Å². The average molecular weight is 482 g/mol. The molecule has 1 unspecified atom stereocenters. The van der Waals surface area contributed by atoms with Crippen LogP contribution in [0, 0.1) is 13.8 Å². The number of aliphatic hydroxyl groups excluding tert-OH is 1. The summed E-state index contributed by atoms with van der Waals surface area (Å²) in [4.78, 5) is 26.9. The second-order valence-corrected chi connectivity index (χ2v) is 8.65. The number of hydroxylamine groups is 1. The number of aromatic nitrogens is 2. The van der Waals surface area contributed by atoms with Crippen molar-refractivity contribution in [2.24, 2.45) is 0 Å². The first-order chi connectivity index (χ1) is 16.8. The minimum atomic E-state index is -0.769. The van der Waals surface area contributed by atoms with Crippen LogP contribution < -0.4 is 10.2 Å². The molecule has 182 valence electrons. The Morgan fingerprint density at radius 2 is 2.09 bits per heavy atom. The highest BCUT2D eigenvalue weighted by atomic mass is 19.3. The number of furan rings is 1. The molecular weight excluding hydrogens is 459 g/mol. The summed E-state index contributed by atoms with van der Waals surface area (Å²) in [5.74, 6) is 0.257. The standard InChI is InChI=1S/C24H23FN4O6/c1-12-8-15(30)10-28(12)24(32)18-11-29-22(13(18)2)19(6-7-26-29)34-16-4-5-17-20(9-16)33-14(3)21(17)23(31)27-35-25/h4-7,9,11-12,15,30H,8,10H2,1-3H3,(H,27,31)/t12?,15-/m0/s1. The Morgan fingerprint density at radius 3 is 2.80 bits per heavy atom. The second kappa shape index (κ2) is 8.67. The molecule has 1 aromatic carbocycles. The number of halogens is 1. The van der Waals surface area contributed by atoms with Crippen molar-refractivity contribution >= 4 is 28.3 Å². The Hall–Kier alpha value is -3.96. The molecule has 2 atom stereocenters. The first kappa shape index (κ1) is 22.8. The Labute approximate surface area is 198 Å². The zero-order valence-electron chi connectivity index (χ0n) is 19.2. The number of fused-ring (bicyclic) bond motifs is 2. The number of amides is 2. The second-order valence-electron chi connectivity index (χ2n) is 8.65. The van der Waals surface area contributed by atoms with E-state index in [4.69, 9.17) is 9.15 Å². The number of hydrogen-bond acceptors (Lipinski definition) is 7. The molecule has 4 heterocycles. The fourth-order valence-corrected chi connectivity index (χ4v) is 4.72. The molecule has 0 bridgehead atoms. The van der Waals surface area contributed by atoms with Crippen LogP contribution in [0.3, 0.4) is 0 Å². The van der Waals surface area contributed by atoms with Gasteiger partial charge in [-0.1, -0.05) is 5.04 Å². The summed E-state index contributed by atoms with van der Waals surface area (Å²) in [6.07, 6.45) is 3.24. The Bertz CT molecular complexity index is 1460. The van der Waals surface area contributed by atoms with Gasteiger partial charge in [0.25, 0.3) is 11.8 Å². The monoisotopic (exact) mass is 482 g/mol. The van der Waals surface area contributed by atoms with Gasteiger partial charge < -0.3 is 19.2 Å². The van der Waals surface area contributed by atoms with Crippen molar-refractivity contribution in [3.8, 4) is 11.5 Å². The van der Waals surface area contributed by atoms with Gasteiger partial charge in [0.05, 0.1) is 23.4 Å². The van der Waals surface area contributed by atoms with Gasteiger partial charge in [-0.25, -0.2) is 4.52 Å². The van der Waals surface area contributed by atoms with E-state index in [-0.39, 0.29) is 17.5 Å².